The normalized spacial score (nSPS) is 10.9. The van der Waals surface area contributed by atoms with Gasteiger partial charge in [0.25, 0.3) is 10.0 Å². The maximum Gasteiger partial charge on any atom is 0.338 e. The van der Waals surface area contributed by atoms with Crippen LogP contribution in [-0.2, 0) is 19.6 Å². The van der Waals surface area contributed by atoms with Crippen molar-refractivity contribution in [2.75, 3.05) is 29.4 Å². The molecule has 0 radical (unpaired) electrons. The van der Waals surface area contributed by atoms with Gasteiger partial charge in [0.15, 0.2) is 0 Å². The van der Waals surface area contributed by atoms with Crippen molar-refractivity contribution in [3.8, 4) is 5.75 Å². The Morgan fingerprint density at radius 1 is 0.857 bits per heavy atom. The van der Waals surface area contributed by atoms with Crippen LogP contribution in [-0.4, -0.2) is 40.1 Å². The van der Waals surface area contributed by atoms with E-state index in [0.29, 0.717) is 29.3 Å². The highest BCUT2D eigenvalue weighted by atomic mass is 32.2. The van der Waals surface area contributed by atoms with E-state index in [0.717, 1.165) is 9.87 Å². The van der Waals surface area contributed by atoms with Crippen LogP contribution in [0.4, 0.5) is 11.4 Å². The summed E-state index contributed by atoms with van der Waals surface area (Å²) in [6.07, 6.45) is 0. The van der Waals surface area contributed by atoms with Gasteiger partial charge < -0.3 is 14.8 Å². The Bertz CT molecular complexity index is 1250. The molecule has 3 aromatic carbocycles. The summed E-state index contributed by atoms with van der Waals surface area (Å²) in [5.74, 6) is -0.446. The van der Waals surface area contributed by atoms with E-state index in [4.69, 9.17) is 9.47 Å². The van der Waals surface area contributed by atoms with E-state index in [1.165, 1.54) is 24.3 Å². The van der Waals surface area contributed by atoms with Crippen molar-refractivity contribution in [1.29, 1.82) is 0 Å². The summed E-state index contributed by atoms with van der Waals surface area (Å²) in [5, 5.41) is 2.68. The predicted octanol–water partition coefficient (Wildman–Crippen LogP) is 4.40. The Hall–Kier alpha value is -3.85. The van der Waals surface area contributed by atoms with E-state index in [-0.39, 0.29) is 11.5 Å². The number of ether oxygens (including phenoxy) is 2. The molecule has 0 heterocycles. The average Bonchev–Trinajstić information content (AvgIpc) is 2.84. The van der Waals surface area contributed by atoms with Crippen LogP contribution < -0.4 is 14.4 Å². The fourth-order valence-corrected chi connectivity index (χ4v) is 4.68. The number of carbonyl (C=O) groups excluding carboxylic acids is 2. The second-order valence-corrected chi connectivity index (χ2v) is 9.46. The van der Waals surface area contributed by atoms with Gasteiger partial charge in [-0.2, -0.15) is 0 Å². The molecule has 9 heteroatoms. The average molecular weight is 497 g/mol. The lowest BCUT2D eigenvalue weighted by Crippen LogP contribution is -2.38. The van der Waals surface area contributed by atoms with Crippen LogP contribution in [0.15, 0.2) is 77.7 Å². The summed E-state index contributed by atoms with van der Waals surface area (Å²) in [6.45, 7) is 5.72. The van der Waals surface area contributed by atoms with Crippen LogP contribution in [0.25, 0.3) is 0 Å². The molecule has 35 heavy (non-hydrogen) atoms. The summed E-state index contributed by atoms with van der Waals surface area (Å²) in [4.78, 5) is 24.7. The Kier molecular flexibility index (Phi) is 8.48. The summed E-state index contributed by atoms with van der Waals surface area (Å²) >= 11 is 0. The van der Waals surface area contributed by atoms with Crippen molar-refractivity contribution in [2.45, 2.75) is 25.7 Å². The Morgan fingerprint density at radius 2 is 1.49 bits per heavy atom. The van der Waals surface area contributed by atoms with Gasteiger partial charge in [0.05, 0.1) is 29.4 Å². The van der Waals surface area contributed by atoms with Gasteiger partial charge in [0.1, 0.15) is 12.3 Å². The lowest BCUT2D eigenvalue weighted by atomic mass is 10.2. The molecule has 0 unspecified atom stereocenters. The second kappa shape index (κ2) is 11.5. The van der Waals surface area contributed by atoms with Gasteiger partial charge in [-0.05, 0) is 81.4 Å². The molecule has 1 N–H and O–H groups in total. The molecule has 0 aliphatic heterocycles. The summed E-state index contributed by atoms with van der Waals surface area (Å²) < 4.78 is 38.4. The molecule has 0 aliphatic rings. The number of nitrogens with zero attached hydrogens (tertiary/aromatic N) is 1. The molecule has 0 bridgehead atoms. The van der Waals surface area contributed by atoms with E-state index in [1.54, 1.807) is 55.5 Å². The first-order valence-corrected chi connectivity index (χ1v) is 12.6. The van der Waals surface area contributed by atoms with Crippen molar-refractivity contribution >= 4 is 33.3 Å². The van der Waals surface area contributed by atoms with E-state index in [2.05, 4.69) is 5.32 Å². The van der Waals surface area contributed by atoms with Gasteiger partial charge in [-0.25, -0.2) is 13.2 Å². The molecule has 0 fully saturated rings. The van der Waals surface area contributed by atoms with Crippen LogP contribution >= 0.6 is 0 Å². The predicted molar refractivity (Wildman–Crippen MR) is 134 cm³/mol. The minimum atomic E-state index is -4.05. The molecule has 0 saturated heterocycles. The molecule has 0 aromatic heterocycles. The molecule has 0 atom stereocenters. The summed E-state index contributed by atoms with van der Waals surface area (Å²) in [5.41, 5.74) is 2.09. The second-order valence-electron chi connectivity index (χ2n) is 7.60. The highest BCUT2D eigenvalue weighted by molar-refractivity contribution is 7.92. The fraction of sp³-hybridized carbons (Fsp3) is 0.231. The molecular weight excluding hydrogens is 468 g/mol. The number of nitrogens with one attached hydrogen (secondary N) is 1. The number of aryl methyl sites for hydroxylation is 1. The zero-order valence-corrected chi connectivity index (χ0v) is 20.7. The van der Waals surface area contributed by atoms with Crippen LogP contribution in [0.5, 0.6) is 5.75 Å². The van der Waals surface area contributed by atoms with Gasteiger partial charge in [-0.15, -0.1) is 0 Å². The highest BCUT2D eigenvalue weighted by Gasteiger charge is 2.27. The number of hydrogen-bond donors (Lipinski definition) is 1. The maximum absolute atomic E-state index is 13.5. The Balaban J connectivity index is 1.84. The van der Waals surface area contributed by atoms with Gasteiger partial charge in [-0.3, -0.25) is 9.10 Å². The summed E-state index contributed by atoms with van der Waals surface area (Å²) in [6, 6.07) is 19.1. The largest absolute Gasteiger partial charge is 0.494 e. The third-order valence-corrected chi connectivity index (χ3v) is 6.80. The first-order valence-electron chi connectivity index (χ1n) is 11.1. The van der Waals surface area contributed by atoms with E-state index >= 15 is 0 Å². The Labute approximate surface area is 205 Å². The number of sulfonamides is 1. The number of rotatable bonds is 10. The van der Waals surface area contributed by atoms with Crippen molar-refractivity contribution < 1.29 is 27.5 Å². The third kappa shape index (κ3) is 6.60. The monoisotopic (exact) mass is 496 g/mol. The first-order chi connectivity index (χ1) is 16.7. The fourth-order valence-electron chi connectivity index (χ4n) is 3.26. The van der Waals surface area contributed by atoms with Crippen LogP contribution in [0.3, 0.4) is 0 Å². The number of benzene rings is 3. The maximum atomic E-state index is 13.5. The van der Waals surface area contributed by atoms with Gasteiger partial charge >= 0.3 is 5.97 Å². The van der Waals surface area contributed by atoms with Gasteiger partial charge in [0, 0.05) is 5.69 Å². The minimum Gasteiger partial charge on any atom is -0.494 e. The van der Waals surface area contributed by atoms with Gasteiger partial charge in [-0.1, -0.05) is 17.7 Å². The van der Waals surface area contributed by atoms with Crippen LogP contribution in [0, 0.1) is 6.92 Å². The van der Waals surface area contributed by atoms with Crippen LogP contribution in [0.2, 0.25) is 0 Å². The van der Waals surface area contributed by atoms with E-state index < -0.39 is 28.4 Å². The SMILES string of the molecule is CCOC(=O)c1ccc(NC(=O)CN(c2ccc(C)cc2)S(=O)(=O)c2ccc(OCC)cc2)cc1. The molecule has 0 spiro atoms. The smallest absolute Gasteiger partial charge is 0.338 e. The molecular formula is C26H28N2O6S. The highest BCUT2D eigenvalue weighted by Crippen LogP contribution is 2.26. The topological polar surface area (TPSA) is 102 Å². The van der Waals surface area contributed by atoms with Crippen molar-refractivity contribution in [3.63, 3.8) is 0 Å². The zero-order valence-electron chi connectivity index (χ0n) is 19.9. The van der Waals surface area contributed by atoms with E-state index in [1.807, 2.05) is 13.8 Å². The molecule has 1 amide bonds. The number of hydrogen-bond acceptors (Lipinski definition) is 6. The molecule has 3 rings (SSSR count). The number of carbonyl (C=O) groups is 2. The zero-order chi connectivity index (χ0) is 25.4. The van der Waals surface area contributed by atoms with Crippen molar-refractivity contribution in [2.24, 2.45) is 0 Å². The molecule has 3 aromatic rings. The first kappa shape index (κ1) is 25.8. The van der Waals surface area contributed by atoms with E-state index in [9.17, 15) is 18.0 Å². The number of esters is 1. The number of amides is 1. The molecule has 0 saturated carbocycles. The Morgan fingerprint density at radius 3 is 2.06 bits per heavy atom. The standard InChI is InChI=1S/C26H28N2O6S/c1-4-33-23-14-16-24(17-15-23)35(31,32)28(22-12-6-19(3)7-13-22)18-25(29)27-21-10-8-20(9-11-21)26(30)34-5-2/h6-17H,4-5,18H2,1-3H3,(H,27,29). The molecule has 0 aliphatic carbocycles. The molecule has 8 nitrogen and oxygen atoms in total. The van der Waals surface area contributed by atoms with Crippen molar-refractivity contribution in [1.82, 2.24) is 0 Å². The van der Waals surface area contributed by atoms with Crippen LogP contribution in [0.1, 0.15) is 29.8 Å². The van der Waals surface area contributed by atoms with Crippen molar-refractivity contribution in [3.05, 3.63) is 83.9 Å². The number of anilines is 2. The van der Waals surface area contributed by atoms with Gasteiger partial charge in [0.2, 0.25) is 5.91 Å². The summed E-state index contributed by atoms with van der Waals surface area (Å²) in [7, 11) is -4.05. The molecule has 184 valence electrons. The lowest BCUT2D eigenvalue weighted by Gasteiger charge is -2.24. The minimum absolute atomic E-state index is 0.0353. The third-order valence-electron chi connectivity index (χ3n) is 5.01. The quantitative estimate of drug-likeness (QED) is 0.417. The lowest BCUT2D eigenvalue weighted by molar-refractivity contribution is -0.114.